The third-order valence-electron chi connectivity index (χ3n) is 4.06. The summed E-state index contributed by atoms with van der Waals surface area (Å²) in [7, 11) is 3.51. The summed E-state index contributed by atoms with van der Waals surface area (Å²) in [6.07, 6.45) is 5.62. The quantitative estimate of drug-likeness (QED) is 0.781. The molecular weight excluding hydrogens is 338 g/mol. The molecule has 3 heterocycles. The number of carbonyl (C=O) groups is 1. The molecule has 0 saturated heterocycles. The Morgan fingerprint density at radius 2 is 2.04 bits per heavy atom. The second-order valence-corrected chi connectivity index (χ2v) is 6.84. The number of thioether (sulfide) groups is 1. The second kappa shape index (κ2) is 6.29. The molecule has 1 aliphatic heterocycles. The molecule has 1 aromatic carbocycles. The average Bonchev–Trinajstić information content (AvgIpc) is 3.19. The van der Waals surface area contributed by atoms with E-state index in [4.69, 9.17) is 4.74 Å². The number of rotatable bonds is 3. The number of nitrogens with one attached hydrogen (secondary N) is 1. The van der Waals surface area contributed by atoms with E-state index >= 15 is 0 Å². The lowest BCUT2D eigenvalue weighted by Gasteiger charge is -2.12. The Kier molecular flexibility index (Phi) is 3.96. The number of benzene rings is 1. The van der Waals surface area contributed by atoms with Crippen LogP contribution in [-0.4, -0.2) is 38.3 Å². The average molecular weight is 355 g/mol. The Balaban J connectivity index is 1.79. The molecule has 25 heavy (non-hydrogen) atoms. The summed E-state index contributed by atoms with van der Waals surface area (Å²) in [6, 6.07) is 7.56. The number of amides is 1. The Hall–Kier alpha value is -2.74. The zero-order valence-corrected chi connectivity index (χ0v) is 14.7. The highest BCUT2D eigenvalue weighted by Gasteiger charge is 2.28. The summed E-state index contributed by atoms with van der Waals surface area (Å²) >= 11 is 1.58. The molecule has 0 radical (unpaired) electrons. The highest BCUT2D eigenvalue weighted by atomic mass is 32.2. The fourth-order valence-electron chi connectivity index (χ4n) is 2.87. The summed E-state index contributed by atoms with van der Waals surface area (Å²) in [5, 5.41) is 11.8. The van der Waals surface area contributed by atoms with Gasteiger partial charge in [-0.1, -0.05) is 0 Å². The molecule has 0 aliphatic carbocycles. The number of hydrogen-bond acceptors (Lipinski definition) is 5. The molecule has 0 saturated carbocycles. The smallest absolute Gasteiger partial charge is 0.235 e. The van der Waals surface area contributed by atoms with Crippen molar-refractivity contribution in [1.82, 2.24) is 19.6 Å². The van der Waals surface area contributed by atoms with E-state index < -0.39 is 0 Å². The van der Waals surface area contributed by atoms with E-state index in [1.54, 1.807) is 28.2 Å². The van der Waals surface area contributed by atoms with E-state index in [2.05, 4.69) is 15.5 Å². The highest BCUT2D eigenvalue weighted by Crippen LogP contribution is 2.41. The van der Waals surface area contributed by atoms with Gasteiger partial charge >= 0.3 is 0 Å². The van der Waals surface area contributed by atoms with Crippen molar-refractivity contribution in [1.29, 1.82) is 0 Å². The number of aryl methyl sites for hydroxylation is 1. The Labute approximate surface area is 149 Å². The van der Waals surface area contributed by atoms with Crippen LogP contribution in [0.4, 0.5) is 5.82 Å². The lowest BCUT2D eigenvalue weighted by Crippen LogP contribution is -2.15. The summed E-state index contributed by atoms with van der Waals surface area (Å²) in [5.41, 5.74) is 2.89. The summed E-state index contributed by atoms with van der Waals surface area (Å²) in [5.74, 6) is 1.83. The lowest BCUT2D eigenvalue weighted by atomic mass is 10.1. The SMILES string of the molecule is COc1ccc(-n2ncc3c2NC(=O)CS[C@@H]3c2cnn(C)c2)cc1. The summed E-state index contributed by atoms with van der Waals surface area (Å²) in [6.45, 7) is 0. The van der Waals surface area contributed by atoms with Gasteiger partial charge in [-0.3, -0.25) is 9.48 Å². The molecule has 3 aromatic rings. The van der Waals surface area contributed by atoms with Crippen LogP contribution in [-0.2, 0) is 11.8 Å². The molecule has 0 fully saturated rings. The van der Waals surface area contributed by atoms with E-state index in [0.717, 1.165) is 22.6 Å². The van der Waals surface area contributed by atoms with Gasteiger partial charge in [-0.2, -0.15) is 10.2 Å². The highest BCUT2D eigenvalue weighted by molar-refractivity contribution is 8.00. The van der Waals surface area contributed by atoms with Gasteiger partial charge in [0.05, 0.1) is 36.2 Å². The van der Waals surface area contributed by atoms with E-state index in [9.17, 15) is 4.79 Å². The molecule has 7 nitrogen and oxygen atoms in total. The summed E-state index contributed by atoms with van der Waals surface area (Å²) < 4.78 is 8.72. The van der Waals surface area contributed by atoms with Crippen molar-refractivity contribution in [2.75, 3.05) is 18.2 Å². The van der Waals surface area contributed by atoms with Gasteiger partial charge in [0.15, 0.2) is 0 Å². The van der Waals surface area contributed by atoms with Gasteiger partial charge in [-0.25, -0.2) is 4.68 Å². The first kappa shape index (κ1) is 15.8. The van der Waals surface area contributed by atoms with Crippen LogP contribution in [0.15, 0.2) is 42.9 Å². The molecule has 2 aromatic heterocycles. The maximum absolute atomic E-state index is 12.2. The van der Waals surface area contributed by atoms with Crippen molar-refractivity contribution in [2.45, 2.75) is 5.25 Å². The second-order valence-electron chi connectivity index (χ2n) is 5.74. The third kappa shape index (κ3) is 2.89. The number of aromatic nitrogens is 4. The first-order chi connectivity index (χ1) is 12.2. The lowest BCUT2D eigenvalue weighted by molar-refractivity contribution is -0.113. The number of ether oxygens (including phenoxy) is 1. The van der Waals surface area contributed by atoms with Gasteiger partial charge in [-0.15, -0.1) is 11.8 Å². The van der Waals surface area contributed by atoms with Crippen molar-refractivity contribution < 1.29 is 9.53 Å². The molecular formula is C17H17N5O2S. The molecule has 4 rings (SSSR count). The normalized spacial score (nSPS) is 16.9. The number of anilines is 1. The standard InChI is InChI=1S/C17H17N5O2S/c1-21-9-11(7-18-21)16-14-8-19-22(17(14)20-15(23)10-25-16)12-3-5-13(24-2)6-4-12/h3-9,16H,10H2,1-2H3,(H,20,23)/t16-/m1/s1. The van der Waals surface area contributed by atoms with Gasteiger partial charge < -0.3 is 10.1 Å². The number of carbonyl (C=O) groups excluding carboxylic acids is 1. The minimum absolute atomic E-state index is 0.00893. The predicted octanol–water partition coefficient (Wildman–Crippen LogP) is 2.39. The Bertz CT molecular complexity index is 916. The van der Waals surface area contributed by atoms with E-state index in [1.807, 2.05) is 49.9 Å². The molecule has 1 aliphatic rings. The molecule has 1 amide bonds. The first-order valence-corrected chi connectivity index (χ1v) is 8.83. The fourth-order valence-corrected chi connectivity index (χ4v) is 3.92. The van der Waals surface area contributed by atoms with Crippen molar-refractivity contribution in [3.05, 3.63) is 54.0 Å². The van der Waals surface area contributed by atoms with Crippen molar-refractivity contribution in [3.63, 3.8) is 0 Å². The van der Waals surface area contributed by atoms with Crippen LogP contribution >= 0.6 is 11.8 Å². The van der Waals surface area contributed by atoms with Crippen LogP contribution < -0.4 is 10.1 Å². The van der Waals surface area contributed by atoms with Crippen LogP contribution in [0.1, 0.15) is 16.4 Å². The van der Waals surface area contributed by atoms with Crippen LogP contribution in [0, 0.1) is 0 Å². The molecule has 128 valence electrons. The van der Waals surface area contributed by atoms with Crippen LogP contribution in [0.5, 0.6) is 5.75 Å². The zero-order valence-electron chi connectivity index (χ0n) is 13.8. The predicted molar refractivity (Wildman–Crippen MR) is 96.3 cm³/mol. The molecule has 1 atom stereocenters. The van der Waals surface area contributed by atoms with Crippen molar-refractivity contribution >= 4 is 23.5 Å². The molecule has 8 heteroatoms. The zero-order chi connectivity index (χ0) is 17.4. The van der Waals surface area contributed by atoms with Crippen molar-refractivity contribution in [3.8, 4) is 11.4 Å². The number of methoxy groups -OCH3 is 1. The minimum atomic E-state index is -0.0344. The van der Waals surface area contributed by atoms with Crippen LogP contribution in [0.2, 0.25) is 0 Å². The van der Waals surface area contributed by atoms with Gasteiger partial charge in [0, 0.05) is 24.4 Å². The molecule has 1 N–H and O–H groups in total. The van der Waals surface area contributed by atoms with Gasteiger partial charge in [0.2, 0.25) is 5.91 Å². The number of hydrogen-bond donors (Lipinski definition) is 1. The van der Waals surface area contributed by atoms with Crippen LogP contribution in [0.25, 0.3) is 5.69 Å². The largest absolute Gasteiger partial charge is 0.497 e. The Morgan fingerprint density at radius 1 is 1.24 bits per heavy atom. The van der Waals surface area contributed by atoms with Crippen LogP contribution in [0.3, 0.4) is 0 Å². The van der Waals surface area contributed by atoms with Gasteiger partial charge in [0.1, 0.15) is 11.6 Å². The van der Waals surface area contributed by atoms with Gasteiger partial charge in [0.25, 0.3) is 0 Å². The topological polar surface area (TPSA) is 74.0 Å². The maximum Gasteiger partial charge on any atom is 0.235 e. The van der Waals surface area contributed by atoms with Gasteiger partial charge in [-0.05, 0) is 24.3 Å². The van der Waals surface area contributed by atoms with E-state index in [0.29, 0.717) is 11.6 Å². The first-order valence-electron chi connectivity index (χ1n) is 7.78. The summed E-state index contributed by atoms with van der Waals surface area (Å²) in [4.78, 5) is 12.2. The third-order valence-corrected chi connectivity index (χ3v) is 5.35. The monoisotopic (exact) mass is 355 g/mol. The van der Waals surface area contributed by atoms with Crippen molar-refractivity contribution in [2.24, 2.45) is 7.05 Å². The fraction of sp³-hybridized carbons (Fsp3) is 0.235. The maximum atomic E-state index is 12.2. The molecule has 0 bridgehead atoms. The molecule has 0 spiro atoms. The number of nitrogens with zero attached hydrogens (tertiary/aromatic N) is 4. The molecule has 0 unspecified atom stereocenters. The Morgan fingerprint density at radius 3 is 2.72 bits per heavy atom. The number of fused-ring (bicyclic) bond motifs is 1. The van der Waals surface area contributed by atoms with E-state index in [1.165, 1.54) is 0 Å². The minimum Gasteiger partial charge on any atom is -0.497 e. The van der Waals surface area contributed by atoms with E-state index in [-0.39, 0.29) is 11.2 Å².